The van der Waals surface area contributed by atoms with Crippen LogP contribution in [0.3, 0.4) is 0 Å². The summed E-state index contributed by atoms with van der Waals surface area (Å²) in [5.74, 6) is 1.08. The number of hydrogen-bond acceptors (Lipinski definition) is 3. The van der Waals surface area contributed by atoms with E-state index in [0.717, 1.165) is 24.6 Å². The fraction of sp³-hybridized carbons (Fsp3) is 0.400. The number of rotatable bonds is 5. The Bertz CT molecular complexity index is 535. The standard InChI is InChI=1S/C15H22N4.2ClH/c1-5-19-15(10-12(2)17-19)16-11-13-6-8-14(9-7-13)18(3)4;;/h6-10,16H,5,11H2,1-4H3;2*1H. The van der Waals surface area contributed by atoms with E-state index in [1.807, 2.05) is 11.6 Å². The number of hydrogen-bond donors (Lipinski definition) is 1. The molecule has 0 radical (unpaired) electrons. The lowest BCUT2D eigenvalue weighted by atomic mass is 10.2. The third-order valence-electron chi connectivity index (χ3n) is 3.13. The molecule has 0 aliphatic carbocycles. The number of anilines is 2. The van der Waals surface area contributed by atoms with Crippen molar-refractivity contribution in [1.29, 1.82) is 0 Å². The van der Waals surface area contributed by atoms with E-state index in [2.05, 4.69) is 66.7 Å². The van der Waals surface area contributed by atoms with Crippen molar-refractivity contribution in [3.63, 3.8) is 0 Å². The monoisotopic (exact) mass is 330 g/mol. The normalized spacial score (nSPS) is 9.52. The summed E-state index contributed by atoms with van der Waals surface area (Å²) >= 11 is 0. The van der Waals surface area contributed by atoms with Crippen LogP contribution in [-0.4, -0.2) is 23.9 Å². The summed E-state index contributed by atoms with van der Waals surface area (Å²) < 4.78 is 1.99. The van der Waals surface area contributed by atoms with E-state index in [-0.39, 0.29) is 24.8 Å². The zero-order chi connectivity index (χ0) is 13.8. The molecule has 1 N–H and O–H groups in total. The third-order valence-corrected chi connectivity index (χ3v) is 3.13. The number of aryl methyl sites for hydroxylation is 2. The lowest BCUT2D eigenvalue weighted by molar-refractivity contribution is 0.657. The van der Waals surface area contributed by atoms with Crippen molar-refractivity contribution in [2.75, 3.05) is 24.3 Å². The van der Waals surface area contributed by atoms with E-state index >= 15 is 0 Å². The van der Waals surface area contributed by atoms with Gasteiger partial charge in [0, 0.05) is 38.9 Å². The molecule has 21 heavy (non-hydrogen) atoms. The molecule has 0 unspecified atom stereocenters. The second kappa shape index (κ2) is 8.80. The predicted octanol–water partition coefficient (Wildman–Crippen LogP) is 3.73. The van der Waals surface area contributed by atoms with Crippen LogP contribution in [0, 0.1) is 6.92 Å². The summed E-state index contributed by atoms with van der Waals surface area (Å²) in [6, 6.07) is 10.7. The van der Waals surface area contributed by atoms with Crippen molar-refractivity contribution in [3.8, 4) is 0 Å². The highest BCUT2D eigenvalue weighted by molar-refractivity contribution is 5.85. The van der Waals surface area contributed by atoms with Crippen molar-refractivity contribution < 1.29 is 0 Å². The van der Waals surface area contributed by atoms with E-state index in [9.17, 15) is 0 Å². The topological polar surface area (TPSA) is 33.1 Å². The molecule has 0 aliphatic heterocycles. The summed E-state index contributed by atoms with van der Waals surface area (Å²) in [5.41, 5.74) is 3.54. The van der Waals surface area contributed by atoms with Crippen molar-refractivity contribution in [2.24, 2.45) is 0 Å². The Balaban J connectivity index is 0.00000200. The Hall–Kier alpha value is -1.39. The van der Waals surface area contributed by atoms with Gasteiger partial charge in [0.1, 0.15) is 5.82 Å². The van der Waals surface area contributed by atoms with Crippen LogP contribution < -0.4 is 10.2 Å². The molecule has 0 atom stereocenters. The highest BCUT2D eigenvalue weighted by atomic mass is 35.5. The largest absolute Gasteiger partial charge is 0.378 e. The van der Waals surface area contributed by atoms with E-state index in [1.165, 1.54) is 11.3 Å². The van der Waals surface area contributed by atoms with Crippen LogP contribution in [-0.2, 0) is 13.1 Å². The van der Waals surface area contributed by atoms with E-state index < -0.39 is 0 Å². The van der Waals surface area contributed by atoms with Gasteiger partial charge in [0.25, 0.3) is 0 Å². The molecule has 0 spiro atoms. The van der Waals surface area contributed by atoms with Crippen molar-refractivity contribution >= 4 is 36.3 Å². The highest BCUT2D eigenvalue weighted by Crippen LogP contribution is 2.15. The first kappa shape index (κ1) is 19.6. The maximum atomic E-state index is 4.43. The molecule has 0 fully saturated rings. The Labute approximate surface area is 139 Å². The molecular formula is C15H24Cl2N4. The van der Waals surface area contributed by atoms with Gasteiger partial charge < -0.3 is 10.2 Å². The van der Waals surface area contributed by atoms with E-state index in [0.29, 0.717) is 0 Å². The van der Waals surface area contributed by atoms with Gasteiger partial charge in [-0.05, 0) is 31.5 Å². The zero-order valence-electron chi connectivity index (χ0n) is 13.0. The molecule has 1 heterocycles. The Morgan fingerprint density at radius 3 is 2.29 bits per heavy atom. The molecular weight excluding hydrogens is 307 g/mol. The maximum Gasteiger partial charge on any atom is 0.124 e. The summed E-state index contributed by atoms with van der Waals surface area (Å²) in [6.45, 7) is 5.82. The summed E-state index contributed by atoms with van der Waals surface area (Å²) in [5, 5.41) is 7.86. The number of halogens is 2. The van der Waals surface area contributed by atoms with E-state index in [4.69, 9.17) is 0 Å². The van der Waals surface area contributed by atoms with Crippen LogP contribution in [0.1, 0.15) is 18.2 Å². The number of nitrogens with one attached hydrogen (secondary N) is 1. The fourth-order valence-electron chi connectivity index (χ4n) is 2.03. The number of nitrogens with zero attached hydrogens (tertiary/aromatic N) is 3. The molecule has 0 bridgehead atoms. The smallest absolute Gasteiger partial charge is 0.124 e. The quantitative estimate of drug-likeness (QED) is 0.906. The minimum atomic E-state index is 0. The van der Waals surface area contributed by atoms with Gasteiger partial charge >= 0.3 is 0 Å². The Morgan fingerprint density at radius 1 is 1.14 bits per heavy atom. The van der Waals surface area contributed by atoms with Gasteiger partial charge in [-0.1, -0.05) is 12.1 Å². The maximum absolute atomic E-state index is 4.43. The fourth-order valence-corrected chi connectivity index (χ4v) is 2.03. The first-order chi connectivity index (χ1) is 9.10. The minimum Gasteiger partial charge on any atom is -0.378 e. The molecule has 118 valence electrons. The predicted molar refractivity (Wildman–Crippen MR) is 95.2 cm³/mol. The second-order valence-corrected chi connectivity index (χ2v) is 4.90. The summed E-state index contributed by atoms with van der Waals surface area (Å²) in [4.78, 5) is 2.10. The molecule has 2 aromatic rings. The first-order valence-electron chi connectivity index (χ1n) is 6.64. The average Bonchev–Trinajstić information content (AvgIpc) is 2.77. The molecule has 0 saturated heterocycles. The summed E-state index contributed by atoms with van der Waals surface area (Å²) in [6.07, 6.45) is 0. The molecule has 0 amide bonds. The van der Waals surface area contributed by atoms with Gasteiger partial charge in [-0.3, -0.25) is 0 Å². The zero-order valence-corrected chi connectivity index (χ0v) is 14.6. The second-order valence-electron chi connectivity index (χ2n) is 4.90. The molecule has 4 nitrogen and oxygen atoms in total. The van der Waals surface area contributed by atoms with Gasteiger partial charge in [-0.15, -0.1) is 24.8 Å². The van der Waals surface area contributed by atoms with Crippen molar-refractivity contribution in [1.82, 2.24) is 9.78 Å². The van der Waals surface area contributed by atoms with Crippen LogP contribution in [0.25, 0.3) is 0 Å². The number of benzene rings is 1. The van der Waals surface area contributed by atoms with Gasteiger partial charge in [0.2, 0.25) is 0 Å². The van der Waals surface area contributed by atoms with Gasteiger partial charge in [0.15, 0.2) is 0 Å². The lowest BCUT2D eigenvalue weighted by Gasteiger charge is -2.13. The third kappa shape index (κ3) is 5.14. The Morgan fingerprint density at radius 2 is 1.76 bits per heavy atom. The van der Waals surface area contributed by atoms with Crippen LogP contribution in [0.5, 0.6) is 0 Å². The van der Waals surface area contributed by atoms with Crippen LogP contribution in [0.15, 0.2) is 30.3 Å². The molecule has 1 aromatic carbocycles. The van der Waals surface area contributed by atoms with Crippen molar-refractivity contribution in [3.05, 3.63) is 41.6 Å². The van der Waals surface area contributed by atoms with Crippen molar-refractivity contribution in [2.45, 2.75) is 26.9 Å². The molecule has 1 aromatic heterocycles. The van der Waals surface area contributed by atoms with Gasteiger partial charge in [-0.25, -0.2) is 4.68 Å². The number of aromatic nitrogens is 2. The van der Waals surface area contributed by atoms with Gasteiger partial charge in [0.05, 0.1) is 5.69 Å². The molecule has 2 rings (SSSR count). The molecule has 6 heteroatoms. The van der Waals surface area contributed by atoms with Crippen LogP contribution in [0.4, 0.5) is 11.5 Å². The summed E-state index contributed by atoms with van der Waals surface area (Å²) in [7, 11) is 4.10. The highest BCUT2D eigenvalue weighted by Gasteiger charge is 2.03. The van der Waals surface area contributed by atoms with Crippen LogP contribution in [0.2, 0.25) is 0 Å². The molecule has 0 aliphatic rings. The van der Waals surface area contributed by atoms with Crippen LogP contribution >= 0.6 is 24.8 Å². The SMILES string of the molecule is CCn1nc(C)cc1NCc1ccc(N(C)C)cc1.Cl.Cl. The minimum absolute atomic E-state index is 0. The molecule has 0 saturated carbocycles. The Kier molecular flexibility index (Phi) is 8.22. The lowest BCUT2D eigenvalue weighted by Crippen LogP contribution is -2.09. The first-order valence-corrected chi connectivity index (χ1v) is 6.64. The average molecular weight is 331 g/mol. The van der Waals surface area contributed by atoms with Gasteiger partial charge in [-0.2, -0.15) is 5.10 Å². The van der Waals surface area contributed by atoms with E-state index in [1.54, 1.807) is 0 Å².